The van der Waals surface area contributed by atoms with Crippen LogP contribution in [-0.2, 0) is 4.79 Å². The van der Waals surface area contributed by atoms with Gasteiger partial charge in [0, 0.05) is 13.0 Å². The van der Waals surface area contributed by atoms with E-state index in [9.17, 15) is 9.59 Å². The first-order chi connectivity index (χ1) is 8.53. The van der Waals surface area contributed by atoms with E-state index in [4.69, 9.17) is 21.1 Å². The average molecular weight is 272 g/mol. The molecule has 1 aromatic carbocycles. The van der Waals surface area contributed by atoms with Gasteiger partial charge in [-0.15, -0.1) is 11.6 Å². The predicted octanol–water partition coefficient (Wildman–Crippen LogP) is 2.08. The van der Waals surface area contributed by atoms with Gasteiger partial charge in [0.2, 0.25) is 5.91 Å². The summed E-state index contributed by atoms with van der Waals surface area (Å²) in [4.78, 5) is 22.7. The highest BCUT2D eigenvalue weighted by Crippen LogP contribution is 2.33. The Labute approximate surface area is 110 Å². The first kappa shape index (κ1) is 14.3. The minimum atomic E-state index is -0.289. The summed E-state index contributed by atoms with van der Waals surface area (Å²) in [5, 5.41) is 2.58. The maximum absolute atomic E-state index is 11.7. The highest BCUT2D eigenvalue weighted by atomic mass is 35.5. The summed E-state index contributed by atoms with van der Waals surface area (Å²) >= 11 is 5.52. The summed E-state index contributed by atoms with van der Waals surface area (Å²) in [6, 6.07) is 3.02. The van der Waals surface area contributed by atoms with Gasteiger partial charge < -0.3 is 14.8 Å². The molecule has 5 nitrogen and oxygen atoms in total. The number of methoxy groups -OCH3 is 2. The number of hydrogen-bond donors (Lipinski definition) is 1. The van der Waals surface area contributed by atoms with E-state index in [0.29, 0.717) is 22.7 Å². The van der Waals surface area contributed by atoms with Crippen molar-refractivity contribution in [1.82, 2.24) is 0 Å². The number of hydrogen-bond acceptors (Lipinski definition) is 4. The Hall–Kier alpha value is -1.75. The Morgan fingerprint density at radius 2 is 1.83 bits per heavy atom. The van der Waals surface area contributed by atoms with Gasteiger partial charge in [0.05, 0.1) is 31.4 Å². The van der Waals surface area contributed by atoms with Gasteiger partial charge in [0.25, 0.3) is 0 Å². The molecule has 18 heavy (non-hydrogen) atoms. The fraction of sp³-hybridized carbons (Fsp3) is 0.333. The summed E-state index contributed by atoms with van der Waals surface area (Å²) in [5.74, 6) is 0.0487. The van der Waals surface area contributed by atoms with Gasteiger partial charge in [-0.1, -0.05) is 0 Å². The molecule has 0 radical (unpaired) electrons. The fourth-order valence-corrected chi connectivity index (χ4v) is 1.62. The van der Waals surface area contributed by atoms with Crippen LogP contribution in [0.5, 0.6) is 11.5 Å². The predicted molar refractivity (Wildman–Crippen MR) is 68.9 cm³/mol. The maximum atomic E-state index is 11.7. The van der Waals surface area contributed by atoms with Crippen LogP contribution in [0.3, 0.4) is 0 Å². The number of benzene rings is 1. The minimum Gasteiger partial charge on any atom is -0.496 e. The van der Waals surface area contributed by atoms with Crippen molar-refractivity contribution >= 4 is 29.0 Å². The van der Waals surface area contributed by atoms with Crippen molar-refractivity contribution in [2.45, 2.75) is 6.92 Å². The Bertz CT molecular complexity index is 473. The summed E-state index contributed by atoms with van der Waals surface area (Å²) < 4.78 is 10.2. The highest BCUT2D eigenvalue weighted by molar-refractivity contribution is 6.31. The molecule has 0 aliphatic rings. The van der Waals surface area contributed by atoms with Gasteiger partial charge in [0.1, 0.15) is 11.5 Å². The van der Waals surface area contributed by atoms with Crippen molar-refractivity contribution < 1.29 is 19.1 Å². The van der Waals surface area contributed by atoms with Gasteiger partial charge in [0.15, 0.2) is 5.78 Å². The van der Waals surface area contributed by atoms with Gasteiger partial charge in [-0.05, 0) is 6.07 Å². The summed E-state index contributed by atoms with van der Waals surface area (Å²) in [5.41, 5.74) is 0.705. The quantitative estimate of drug-likeness (QED) is 0.658. The van der Waals surface area contributed by atoms with Crippen molar-refractivity contribution in [3.05, 3.63) is 17.7 Å². The Balaban J connectivity index is 3.33. The first-order valence-electron chi connectivity index (χ1n) is 5.16. The zero-order valence-electron chi connectivity index (χ0n) is 10.4. The lowest BCUT2D eigenvalue weighted by molar-refractivity contribution is -0.114. The molecule has 98 valence electrons. The number of carbonyl (C=O) groups is 2. The maximum Gasteiger partial charge on any atom is 0.221 e. The van der Waals surface area contributed by atoms with Crippen LogP contribution in [0, 0.1) is 0 Å². The van der Waals surface area contributed by atoms with Crippen molar-refractivity contribution in [3.63, 3.8) is 0 Å². The van der Waals surface area contributed by atoms with Crippen LogP contribution in [-0.4, -0.2) is 31.8 Å². The molecule has 0 fully saturated rings. The molecule has 0 saturated carbocycles. The van der Waals surface area contributed by atoms with Crippen molar-refractivity contribution in [2.75, 3.05) is 25.4 Å². The van der Waals surface area contributed by atoms with Crippen LogP contribution < -0.4 is 14.8 Å². The molecular weight excluding hydrogens is 258 g/mol. The number of Topliss-reactive ketones (excluding diaryl/α,β-unsaturated/α-hetero) is 1. The first-order valence-corrected chi connectivity index (χ1v) is 5.69. The summed E-state index contributed by atoms with van der Waals surface area (Å²) in [6.07, 6.45) is 0. The summed E-state index contributed by atoms with van der Waals surface area (Å²) in [7, 11) is 2.90. The van der Waals surface area contributed by atoms with E-state index in [0.717, 1.165) is 0 Å². The molecule has 6 heteroatoms. The second-order valence-corrected chi connectivity index (χ2v) is 3.76. The fourth-order valence-electron chi connectivity index (χ4n) is 1.48. The molecule has 0 unspecified atom stereocenters. The Morgan fingerprint density at radius 1 is 1.22 bits per heavy atom. The van der Waals surface area contributed by atoms with Crippen LogP contribution >= 0.6 is 11.6 Å². The number of ether oxygens (including phenoxy) is 2. The number of carbonyl (C=O) groups excluding carboxylic acids is 2. The number of halogens is 1. The second-order valence-electron chi connectivity index (χ2n) is 3.49. The number of rotatable bonds is 5. The molecule has 1 aromatic rings. The van der Waals surface area contributed by atoms with E-state index < -0.39 is 0 Å². The van der Waals surface area contributed by atoms with Crippen LogP contribution in [0.15, 0.2) is 12.1 Å². The molecular formula is C12H14ClNO4. The number of ketones is 1. The molecule has 0 saturated heterocycles. The molecule has 1 amide bonds. The van der Waals surface area contributed by atoms with Gasteiger partial charge >= 0.3 is 0 Å². The molecule has 0 spiro atoms. The van der Waals surface area contributed by atoms with Gasteiger partial charge in [-0.3, -0.25) is 9.59 Å². The van der Waals surface area contributed by atoms with Crippen molar-refractivity contribution in [2.24, 2.45) is 0 Å². The molecule has 0 aliphatic carbocycles. The molecule has 0 aliphatic heterocycles. The average Bonchev–Trinajstić information content (AvgIpc) is 2.36. The minimum absolute atomic E-state index is 0.164. The third-order valence-electron chi connectivity index (χ3n) is 2.25. The molecule has 0 heterocycles. The second kappa shape index (κ2) is 6.26. The lowest BCUT2D eigenvalue weighted by Gasteiger charge is -2.13. The monoisotopic (exact) mass is 271 g/mol. The summed E-state index contributed by atoms with van der Waals surface area (Å²) in [6.45, 7) is 1.37. The number of alkyl halides is 1. The zero-order chi connectivity index (χ0) is 13.7. The third kappa shape index (κ3) is 3.13. The van der Waals surface area contributed by atoms with Crippen LogP contribution in [0.25, 0.3) is 0 Å². The lowest BCUT2D eigenvalue weighted by atomic mass is 10.1. The van der Waals surface area contributed by atoms with Crippen LogP contribution in [0.1, 0.15) is 17.3 Å². The highest BCUT2D eigenvalue weighted by Gasteiger charge is 2.16. The van der Waals surface area contributed by atoms with Crippen LogP contribution in [0.2, 0.25) is 0 Å². The van der Waals surface area contributed by atoms with E-state index in [1.165, 1.54) is 33.3 Å². The number of nitrogens with one attached hydrogen (secondary N) is 1. The molecule has 0 aromatic heterocycles. The topological polar surface area (TPSA) is 64.6 Å². The van der Waals surface area contributed by atoms with E-state index in [1.54, 1.807) is 0 Å². The Kier molecular flexibility index (Phi) is 4.97. The normalized spacial score (nSPS) is 9.78. The van der Waals surface area contributed by atoms with Crippen molar-refractivity contribution in [3.8, 4) is 11.5 Å². The lowest BCUT2D eigenvalue weighted by Crippen LogP contribution is -2.10. The Morgan fingerprint density at radius 3 is 2.28 bits per heavy atom. The molecule has 1 rings (SSSR count). The van der Waals surface area contributed by atoms with Gasteiger partial charge in [-0.2, -0.15) is 0 Å². The SMILES string of the molecule is COc1cc(OC)c(C(=O)CCl)cc1NC(C)=O. The molecule has 1 N–H and O–H groups in total. The standard InChI is InChI=1S/C12H14ClNO4/c1-7(15)14-9-4-8(10(16)6-13)11(17-2)5-12(9)18-3/h4-5H,6H2,1-3H3,(H,14,15). The third-order valence-corrected chi connectivity index (χ3v) is 2.50. The zero-order valence-corrected chi connectivity index (χ0v) is 11.1. The molecule has 0 bridgehead atoms. The number of anilines is 1. The van der Waals surface area contributed by atoms with Gasteiger partial charge in [-0.25, -0.2) is 0 Å². The van der Waals surface area contributed by atoms with E-state index in [2.05, 4.69) is 5.32 Å². The largest absolute Gasteiger partial charge is 0.496 e. The smallest absolute Gasteiger partial charge is 0.221 e. The van der Waals surface area contributed by atoms with Crippen LogP contribution in [0.4, 0.5) is 5.69 Å². The van der Waals surface area contributed by atoms with Crippen molar-refractivity contribution in [1.29, 1.82) is 0 Å². The molecule has 0 atom stereocenters. The van der Waals surface area contributed by atoms with E-state index in [-0.39, 0.29) is 17.6 Å². The van der Waals surface area contributed by atoms with E-state index in [1.807, 2.05) is 0 Å². The van der Waals surface area contributed by atoms with E-state index >= 15 is 0 Å². The number of amides is 1.